The van der Waals surface area contributed by atoms with E-state index in [1.54, 1.807) is 0 Å². The van der Waals surface area contributed by atoms with Crippen molar-refractivity contribution in [2.75, 3.05) is 7.05 Å². The van der Waals surface area contributed by atoms with Crippen molar-refractivity contribution in [3.63, 3.8) is 0 Å². The van der Waals surface area contributed by atoms with Crippen molar-refractivity contribution >= 4 is 11.9 Å². The molecule has 1 aromatic carbocycles. The lowest BCUT2D eigenvalue weighted by Crippen LogP contribution is -2.26. The first-order valence-electron chi connectivity index (χ1n) is 6.62. The standard InChI is InChI=1S/C16H25N2/c1-12(2)17-11-16(18(6)13(3)4)15-10-8-7-9-14(15)5/h7-13H,1-6H3/q+1/b17-11-,18-16+. The predicted octanol–water partition coefficient (Wildman–Crippen LogP) is 3.31. The van der Waals surface area contributed by atoms with E-state index in [1.807, 2.05) is 6.21 Å². The van der Waals surface area contributed by atoms with Crippen LogP contribution in [0.1, 0.15) is 38.8 Å². The first-order chi connectivity index (χ1) is 8.43. The number of nitrogens with zero attached hydrogens (tertiary/aromatic N) is 2. The average molecular weight is 245 g/mol. The van der Waals surface area contributed by atoms with Crippen molar-refractivity contribution in [2.45, 2.75) is 46.7 Å². The third-order valence-electron chi connectivity index (χ3n) is 3.07. The molecule has 0 radical (unpaired) electrons. The smallest absolute Gasteiger partial charge is 0.225 e. The van der Waals surface area contributed by atoms with Gasteiger partial charge >= 0.3 is 0 Å². The minimum absolute atomic E-state index is 0.324. The van der Waals surface area contributed by atoms with Crippen LogP contribution in [0.2, 0.25) is 0 Å². The lowest BCUT2D eigenvalue weighted by molar-refractivity contribution is -0.527. The molecule has 0 bridgehead atoms. The van der Waals surface area contributed by atoms with Crippen molar-refractivity contribution in [3.05, 3.63) is 35.4 Å². The second-order valence-electron chi connectivity index (χ2n) is 5.28. The molecule has 1 aromatic rings. The van der Waals surface area contributed by atoms with Gasteiger partial charge in [-0.3, -0.25) is 4.99 Å². The van der Waals surface area contributed by atoms with Gasteiger partial charge in [0, 0.05) is 6.04 Å². The summed E-state index contributed by atoms with van der Waals surface area (Å²) in [6.45, 7) is 10.7. The summed E-state index contributed by atoms with van der Waals surface area (Å²) in [5, 5.41) is 0. The van der Waals surface area contributed by atoms with E-state index in [0.29, 0.717) is 12.1 Å². The zero-order chi connectivity index (χ0) is 13.7. The molecule has 0 fully saturated rings. The molecule has 0 unspecified atom stereocenters. The number of hydrogen-bond donors (Lipinski definition) is 0. The normalized spacial score (nSPS) is 13.6. The van der Waals surface area contributed by atoms with Crippen LogP contribution in [-0.4, -0.2) is 35.6 Å². The van der Waals surface area contributed by atoms with Crippen molar-refractivity contribution in [1.82, 2.24) is 0 Å². The maximum atomic E-state index is 4.54. The monoisotopic (exact) mass is 245 g/mol. The molecule has 18 heavy (non-hydrogen) atoms. The summed E-state index contributed by atoms with van der Waals surface area (Å²) in [5.74, 6) is 0. The molecular formula is C16H25N2+. The van der Waals surface area contributed by atoms with Gasteiger partial charge < -0.3 is 0 Å². The SMILES string of the molecule is Cc1ccccc1C(/C=N\C(C)C)=[N+](\C)C(C)C. The zero-order valence-electron chi connectivity index (χ0n) is 12.4. The molecule has 0 aliphatic rings. The number of hydrogen-bond acceptors (Lipinski definition) is 1. The topological polar surface area (TPSA) is 15.4 Å². The molecule has 0 N–H and O–H groups in total. The van der Waals surface area contributed by atoms with E-state index in [9.17, 15) is 0 Å². The van der Waals surface area contributed by atoms with Gasteiger partial charge in [0.1, 0.15) is 13.1 Å². The van der Waals surface area contributed by atoms with Gasteiger partial charge in [-0.1, -0.05) is 18.2 Å². The van der Waals surface area contributed by atoms with Gasteiger partial charge in [0.05, 0.1) is 11.8 Å². The van der Waals surface area contributed by atoms with E-state index in [2.05, 4.69) is 75.5 Å². The maximum absolute atomic E-state index is 4.54. The fraction of sp³-hybridized carbons (Fsp3) is 0.500. The minimum Gasteiger partial charge on any atom is -0.284 e. The Morgan fingerprint density at radius 1 is 1.17 bits per heavy atom. The Balaban J connectivity index is 3.31. The number of aliphatic imine (C=N–C) groups is 1. The van der Waals surface area contributed by atoms with Gasteiger partial charge in [-0.25, -0.2) is 4.58 Å². The van der Waals surface area contributed by atoms with Crippen LogP contribution >= 0.6 is 0 Å². The lowest BCUT2D eigenvalue weighted by atomic mass is 10.0. The van der Waals surface area contributed by atoms with Crippen LogP contribution in [-0.2, 0) is 0 Å². The quantitative estimate of drug-likeness (QED) is 0.571. The largest absolute Gasteiger partial charge is 0.284 e. The van der Waals surface area contributed by atoms with E-state index in [-0.39, 0.29) is 0 Å². The Morgan fingerprint density at radius 3 is 2.28 bits per heavy atom. The fourth-order valence-corrected chi connectivity index (χ4v) is 1.71. The highest BCUT2D eigenvalue weighted by Crippen LogP contribution is 2.09. The Kier molecular flexibility index (Phi) is 5.26. The molecule has 0 aliphatic heterocycles. The fourth-order valence-electron chi connectivity index (χ4n) is 1.71. The van der Waals surface area contributed by atoms with E-state index in [1.165, 1.54) is 16.8 Å². The molecule has 0 aromatic heterocycles. The minimum atomic E-state index is 0.324. The van der Waals surface area contributed by atoms with Crippen LogP contribution in [0.25, 0.3) is 0 Å². The molecular weight excluding hydrogens is 220 g/mol. The van der Waals surface area contributed by atoms with Gasteiger partial charge in [-0.2, -0.15) is 0 Å². The second-order valence-corrected chi connectivity index (χ2v) is 5.28. The number of aryl methyl sites for hydroxylation is 1. The van der Waals surface area contributed by atoms with Gasteiger partial charge in [-0.05, 0) is 46.2 Å². The highest BCUT2D eigenvalue weighted by Gasteiger charge is 2.16. The molecule has 0 saturated carbocycles. The molecule has 98 valence electrons. The maximum Gasteiger partial charge on any atom is 0.225 e. The third-order valence-corrected chi connectivity index (χ3v) is 3.07. The average Bonchev–Trinajstić information content (AvgIpc) is 2.30. The van der Waals surface area contributed by atoms with E-state index >= 15 is 0 Å². The van der Waals surface area contributed by atoms with Gasteiger partial charge in [-0.15, -0.1) is 0 Å². The summed E-state index contributed by atoms with van der Waals surface area (Å²) in [6, 6.07) is 9.25. The molecule has 2 heteroatoms. The van der Waals surface area contributed by atoms with Crippen LogP contribution in [0, 0.1) is 6.92 Å². The van der Waals surface area contributed by atoms with Crippen LogP contribution in [0.4, 0.5) is 0 Å². The molecule has 1 rings (SSSR count). The van der Waals surface area contributed by atoms with Crippen molar-refractivity contribution in [1.29, 1.82) is 0 Å². The second kappa shape index (κ2) is 6.48. The molecule has 0 atom stereocenters. The zero-order valence-corrected chi connectivity index (χ0v) is 12.4. The molecule has 0 heterocycles. The van der Waals surface area contributed by atoms with Crippen LogP contribution < -0.4 is 0 Å². The Bertz CT molecular complexity index is 454. The first kappa shape index (κ1) is 14.6. The van der Waals surface area contributed by atoms with E-state index in [4.69, 9.17) is 0 Å². The Morgan fingerprint density at radius 2 is 1.78 bits per heavy atom. The highest BCUT2D eigenvalue weighted by molar-refractivity contribution is 6.36. The third kappa shape index (κ3) is 3.80. The highest BCUT2D eigenvalue weighted by atomic mass is 15.0. The Hall–Kier alpha value is -1.44. The predicted molar refractivity (Wildman–Crippen MR) is 80.2 cm³/mol. The first-order valence-corrected chi connectivity index (χ1v) is 6.62. The van der Waals surface area contributed by atoms with Crippen LogP contribution in [0.15, 0.2) is 29.3 Å². The summed E-state index contributed by atoms with van der Waals surface area (Å²) in [4.78, 5) is 4.54. The van der Waals surface area contributed by atoms with E-state index in [0.717, 1.165) is 0 Å². The molecule has 0 amide bonds. The number of benzene rings is 1. The van der Waals surface area contributed by atoms with Gasteiger partial charge in [0.2, 0.25) is 5.71 Å². The van der Waals surface area contributed by atoms with Crippen molar-refractivity contribution in [2.24, 2.45) is 4.99 Å². The van der Waals surface area contributed by atoms with Crippen molar-refractivity contribution in [3.8, 4) is 0 Å². The Labute approximate surface area is 111 Å². The number of rotatable bonds is 4. The summed E-state index contributed by atoms with van der Waals surface area (Å²) in [5.41, 5.74) is 3.74. The van der Waals surface area contributed by atoms with Gasteiger partial charge in [0.15, 0.2) is 0 Å². The molecule has 0 saturated heterocycles. The molecule has 2 nitrogen and oxygen atoms in total. The van der Waals surface area contributed by atoms with Crippen molar-refractivity contribution < 1.29 is 4.58 Å². The van der Waals surface area contributed by atoms with Crippen LogP contribution in [0.5, 0.6) is 0 Å². The van der Waals surface area contributed by atoms with Gasteiger partial charge in [0.25, 0.3) is 0 Å². The van der Waals surface area contributed by atoms with Crippen LogP contribution in [0.3, 0.4) is 0 Å². The molecule has 0 spiro atoms. The van der Waals surface area contributed by atoms with E-state index < -0.39 is 0 Å². The summed E-state index contributed by atoms with van der Waals surface area (Å²) >= 11 is 0. The summed E-state index contributed by atoms with van der Waals surface area (Å²) < 4.78 is 2.27. The molecule has 0 aliphatic carbocycles. The summed E-state index contributed by atoms with van der Waals surface area (Å²) in [6.07, 6.45) is 2.01. The summed E-state index contributed by atoms with van der Waals surface area (Å²) in [7, 11) is 2.12. The lowest BCUT2D eigenvalue weighted by Gasteiger charge is -2.09.